The predicted octanol–water partition coefficient (Wildman–Crippen LogP) is 2.34. The van der Waals surface area contributed by atoms with Crippen molar-refractivity contribution in [2.24, 2.45) is 0 Å². The lowest BCUT2D eigenvalue weighted by molar-refractivity contribution is 0.251. The van der Waals surface area contributed by atoms with Crippen LogP contribution in [0.5, 0.6) is 0 Å². The van der Waals surface area contributed by atoms with Crippen LogP contribution < -0.4 is 20.4 Å². The fourth-order valence-electron chi connectivity index (χ4n) is 2.77. The van der Waals surface area contributed by atoms with E-state index in [2.05, 4.69) is 20.6 Å². The second-order valence-electron chi connectivity index (χ2n) is 6.10. The van der Waals surface area contributed by atoms with E-state index in [0.29, 0.717) is 24.7 Å². The van der Waals surface area contributed by atoms with Crippen LogP contribution in [0, 0.1) is 0 Å². The smallest absolute Gasteiger partial charge is 0.319 e. The first-order valence-corrected chi connectivity index (χ1v) is 8.95. The summed E-state index contributed by atoms with van der Waals surface area (Å²) in [5.41, 5.74) is 0.751. The molecule has 0 aliphatic carbocycles. The molecule has 2 aromatic rings. The zero-order valence-electron chi connectivity index (χ0n) is 14.1. The third kappa shape index (κ3) is 4.36. The fourth-order valence-corrected chi connectivity index (χ4v) is 3.36. The summed E-state index contributed by atoms with van der Waals surface area (Å²) in [4.78, 5) is 24.3. The topological polar surface area (TPSA) is 73.4 Å². The van der Waals surface area contributed by atoms with Crippen LogP contribution in [-0.2, 0) is 0 Å². The molecule has 1 aliphatic rings. The zero-order chi connectivity index (χ0) is 17.8. The van der Waals surface area contributed by atoms with E-state index in [-0.39, 0.29) is 18.6 Å². The molecular formula is C16H21FN6OS. The van der Waals surface area contributed by atoms with Gasteiger partial charge in [-0.25, -0.2) is 14.2 Å². The summed E-state index contributed by atoms with van der Waals surface area (Å²) in [6.45, 7) is 0.611. The molecule has 2 N–H and O–H groups in total. The number of nitrogens with one attached hydrogen (secondary N) is 2. The number of carbonyl (C=O) groups is 1. The standard InChI is InChI=1S/C16H21FN6OS/c1-22(2)15-18-5-3-14(21-15)23-9-11(17)7-13(23)8-19-16(24)20-12-4-6-25-10-12/h3-6,10-11,13H,7-9H2,1-2H3,(H2,19,20,24)/t11-,13-/m0/s1. The van der Waals surface area contributed by atoms with Crippen molar-refractivity contribution in [2.45, 2.75) is 18.6 Å². The highest BCUT2D eigenvalue weighted by Crippen LogP contribution is 2.26. The van der Waals surface area contributed by atoms with Gasteiger partial charge in [0.05, 0.1) is 18.3 Å². The number of rotatable bonds is 5. The first-order chi connectivity index (χ1) is 12.0. The average Bonchev–Trinajstić information content (AvgIpc) is 3.22. The predicted molar refractivity (Wildman–Crippen MR) is 98.3 cm³/mol. The van der Waals surface area contributed by atoms with Gasteiger partial charge in [-0.2, -0.15) is 16.3 Å². The molecule has 1 fully saturated rings. The highest BCUT2D eigenvalue weighted by Gasteiger charge is 2.33. The van der Waals surface area contributed by atoms with Gasteiger partial charge < -0.3 is 20.4 Å². The van der Waals surface area contributed by atoms with Crippen molar-refractivity contribution in [1.29, 1.82) is 0 Å². The van der Waals surface area contributed by atoms with Gasteiger partial charge in [-0.15, -0.1) is 0 Å². The molecule has 0 bridgehead atoms. The number of amides is 2. The minimum atomic E-state index is -0.940. The quantitative estimate of drug-likeness (QED) is 0.852. The number of anilines is 3. The Morgan fingerprint density at radius 3 is 3.04 bits per heavy atom. The van der Waals surface area contributed by atoms with Crippen LogP contribution in [-0.4, -0.2) is 55.4 Å². The molecule has 1 saturated heterocycles. The summed E-state index contributed by atoms with van der Waals surface area (Å²) in [5.74, 6) is 1.24. The molecule has 9 heteroatoms. The van der Waals surface area contributed by atoms with E-state index < -0.39 is 6.17 Å². The van der Waals surface area contributed by atoms with Crippen LogP contribution in [0.4, 0.5) is 26.6 Å². The van der Waals surface area contributed by atoms with E-state index in [0.717, 1.165) is 5.69 Å². The lowest BCUT2D eigenvalue weighted by Crippen LogP contribution is -2.42. The Bertz CT molecular complexity index is 710. The van der Waals surface area contributed by atoms with Crippen LogP contribution in [0.2, 0.25) is 0 Å². The van der Waals surface area contributed by atoms with Crippen LogP contribution >= 0.6 is 11.3 Å². The Balaban J connectivity index is 1.63. The van der Waals surface area contributed by atoms with Gasteiger partial charge in [0.25, 0.3) is 0 Å². The molecule has 0 unspecified atom stereocenters. The Labute approximate surface area is 149 Å². The highest BCUT2D eigenvalue weighted by atomic mass is 32.1. The molecule has 25 heavy (non-hydrogen) atoms. The van der Waals surface area contributed by atoms with Crippen LogP contribution in [0.3, 0.4) is 0 Å². The van der Waals surface area contributed by atoms with Gasteiger partial charge in [0, 0.05) is 38.6 Å². The Morgan fingerprint density at radius 2 is 2.32 bits per heavy atom. The van der Waals surface area contributed by atoms with E-state index in [4.69, 9.17) is 0 Å². The summed E-state index contributed by atoms with van der Waals surface area (Å²) < 4.78 is 14.0. The van der Waals surface area contributed by atoms with E-state index in [1.807, 2.05) is 35.8 Å². The number of nitrogens with zero attached hydrogens (tertiary/aromatic N) is 4. The van der Waals surface area contributed by atoms with Gasteiger partial charge in [-0.05, 0) is 17.5 Å². The monoisotopic (exact) mass is 364 g/mol. The molecule has 0 aromatic carbocycles. The van der Waals surface area contributed by atoms with Crippen LogP contribution in [0.25, 0.3) is 0 Å². The molecule has 7 nitrogen and oxygen atoms in total. The van der Waals surface area contributed by atoms with Gasteiger partial charge in [0.1, 0.15) is 12.0 Å². The van der Waals surface area contributed by atoms with Crippen molar-refractivity contribution in [2.75, 3.05) is 42.3 Å². The summed E-state index contributed by atoms with van der Waals surface area (Å²) in [6, 6.07) is 3.15. The molecule has 2 amide bonds. The molecule has 0 spiro atoms. The van der Waals surface area contributed by atoms with Crippen molar-refractivity contribution in [3.05, 3.63) is 29.1 Å². The number of aromatic nitrogens is 2. The molecule has 1 aliphatic heterocycles. The van der Waals surface area contributed by atoms with Gasteiger partial charge in [0.2, 0.25) is 5.95 Å². The lowest BCUT2D eigenvalue weighted by atomic mass is 10.2. The SMILES string of the molecule is CN(C)c1nccc(N2C[C@@H](F)C[C@H]2CNC(=O)Nc2ccsc2)n1. The minimum absolute atomic E-state index is 0.145. The van der Waals surface area contributed by atoms with E-state index >= 15 is 0 Å². The minimum Gasteiger partial charge on any atom is -0.349 e. The number of thiophene rings is 1. The maximum Gasteiger partial charge on any atom is 0.319 e. The number of carbonyl (C=O) groups excluding carboxylic acids is 1. The van der Waals surface area contributed by atoms with Crippen LogP contribution in [0.1, 0.15) is 6.42 Å². The van der Waals surface area contributed by atoms with Crippen molar-refractivity contribution < 1.29 is 9.18 Å². The Hall–Kier alpha value is -2.42. The maximum absolute atomic E-state index is 14.0. The Kier molecular flexibility index (Phi) is 5.32. The van der Waals surface area contributed by atoms with Gasteiger partial charge in [-0.1, -0.05) is 0 Å². The lowest BCUT2D eigenvalue weighted by Gasteiger charge is -2.26. The second kappa shape index (κ2) is 7.64. The third-order valence-corrected chi connectivity index (χ3v) is 4.65. The van der Waals surface area contributed by atoms with Crippen molar-refractivity contribution in [3.63, 3.8) is 0 Å². The first kappa shape index (κ1) is 17.4. The molecule has 0 radical (unpaired) electrons. The van der Waals surface area contributed by atoms with Gasteiger partial charge in [0.15, 0.2) is 0 Å². The molecule has 3 rings (SSSR count). The summed E-state index contributed by atoms with van der Waals surface area (Å²) >= 11 is 1.51. The van der Waals surface area contributed by atoms with Crippen molar-refractivity contribution >= 4 is 34.8 Å². The fraction of sp³-hybridized carbons (Fsp3) is 0.438. The third-order valence-electron chi connectivity index (χ3n) is 3.96. The molecule has 0 saturated carbocycles. The Morgan fingerprint density at radius 1 is 1.48 bits per heavy atom. The first-order valence-electron chi connectivity index (χ1n) is 8.01. The van der Waals surface area contributed by atoms with Crippen molar-refractivity contribution in [1.82, 2.24) is 15.3 Å². The van der Waals surface area contributed by atoms with Gasteiger partial charge in [-0.3, -0.25) is 0 Å². The maximum atomic E-state index is 14.0. The van der Waals surface area contributed by atoms with E-state index in [1.165, 1.54) is 11.3 Å². The number of alkyl halides is 1. The van der Waals surface area contributed by atoms with Gasteiger partial charge >= 0.3 is 6.03 Å². The number of hydrogen-bond donors (Lipinski definition) is 2. The number of halogens is 1. The average molecular weight is 364 g/mol. The number of hydrogen-bond acceptors (Lipinski definition) is 6. The van der Waals surface area contributed by atoms with Crippen molar-refractivity contribution in [3.8, 4) is 0 Å². The van der Waals surface area contributed by atoms with E-state index in [9.17, 15) is 9.18 Å². The van der Waals surface area contributed by atoms with E-state index in [1.54, 1.807) is 17.2 Å². The zero-order valence-corrected chi connectivity index (χ0v) is 15.0. The molecule has 2 aromatic heterocycles. The molecular weight excluding hydrogens is 343 g/mol. The molecule has 3 heterocycles. The van der Waals surface area contributed by atoms with Crippen LogP contribution in [0.15, 0.2) is 29.1 Å². The summed E-state index contributed by atoms with van der Waals surface area (Å²) in [6.07, 6.45) is 1.08. The highest BCUT2D eigenvalue weighted by molar-refractivity contribution is 7.08. The second-order valence-corrected chi connectivity index (χ2v) is 6.88. The molecule has 134 valence electrons. The molecule has 2 atom stereocenters. The normalized spacial score (nSPS) is 19.7. The summed E-state index contributed by atoms with van der Waals surface area (Å²) in [5, 5.41) is 9.30. The number of urea groups is 1. The summed E-state index contributed by atoms with van der Waals surface area (Å²) in [7, 11) is 3.71. The largest absolute Gasteiger partial charge is 0.349 e.